The average molecular weight is 369 g/mol. The van der Waals surface area contributed by atoms with Crippen LogP contribution in [-0.2, 0) is 16.1 Å². The van der Waals surface area contributed by atoms with Gasteiger partial charge < -0.3 is 9.84 Å². The predicted octanol–water partition coefficient (Wildman–Crippen LogP) is 3.55. The molecule has 2 aliphatic rings. The monoisotopic (exact) mass is 369 g/mol. The summed E-state index contributed by atoms with van der Waals surface area (Å²) in [6.07, 6.45) is 8.90. The smallest absolute Gasteiger partial charge is 0.306 e. The Bertz CT molecular complexity index is 757. The lowest BCUT2D eigenvalue weighted by Crippen LogP contribution is -2.35. The Morgan fingerprint density at radius 2 is 1.89 bits per heavy atom. The van der Waals surface area contributed by atoms with E-state index in [4.69, 9.17) is 9.84 Å². The van der Waals surface area contributed by atoms with Crippen LogP contribution in [0.3, 0.4) is 0 Å². The molecule has 6 nitrogen and oxygen atoms in total. The number of carbonyl (C=O) groups is 1. The predicted molar refractivity (Wildman–Crippen MR) is 102 cm³/mol. The molecule has 1 N–H and O–H groups in total. The van der Waals surface area contributed by atoms with Crippen molar-refractivity contribution in [2.75, 3.05) is 19.7 Å². The molecule has 2 fully saturated rings. The van der Waals surface area contributed by atoms with Crippen LogP contribution in [0, 0.1) is 5.92 Å². The zero-order chi connectivity index (χ0) is 18.6. The van der Waals surface area contributed by atoms with Crippen LogP contribution < -0.4 is 0 Å². The number of ether oxygens (including phenoxy) is 1. The summed E-state index contributed by atoms with van der Waals surface area (Å²) in [5, 5.41) is 13.6. The van der Waals surface area contributed by atoms with Gasteiger partial charge in [0.25, 0.3) is 0 Å². The molecule has 0 saturated carbocycles. The Morgan fingerprint density at radius 1 is 1.11 bits per heavy atom. The van der Waals surface area contributed by atoms with E-state index in [1.807, 2.05) is 10.9 Å². The maximum atomic E-state index is 11.1. The molecule has 1 atom stereocenters. The molecule has 2 saturated heterocycles. The first-order chi connectivity index (χ1) is 13.2. The van der Waals surface area contributed by atoms with Crippen molar-refractivity contribution in [3.8, 4) is 11.1 Å². The van der Waals surface area contributed by atoms with Crippen molar-refractivity contribution in [1.29, 1.82) is 0 Å². The van der Waals surface area contributed by atoms with E-state index in [-0.39, 0.29) is 12.1 Å². The number of aliphatic carboxylic acids is 1. The molecule has 0 aliphatic carbocycles. The molecule has 0 bridgehead atoms. The van der Waals surface area contributed by atoms with E-state index in [0.717, 1.165) is 63.1 Å². The number of carboxylic acid groups (broad SMARTS) is 1. The van der Waals surface area contributed by atoms with Gasteiger partial charge in [0.2, 0.25) is 0 Å². The van der Waals surface area contributed by atoms with Gasteiger partial charge in [-0.05, 0) is 56.3 Å². The Balaban J connectivity index is 1.35. The van der Waals surface area contributed by atoms with Gasteiger partial charge in [0.15, 0.2) is 0 Å². The molecule has 27 heavy (non-hydrogen) atoms. The number of benzene rings is 1. The zero-order valence-corrected chi connectivity index (χ0v) is 15.6. The van der Waals surface area contributed by atoms with E-state index in [2.05, 4.69) is 40.5 Å². The summed E-state index contributed by atoms with van der Waals surface area (Å²) < 4.78 is 7.74. The Kier molecular flexibility index (Phi) is 5.55. The van der Waals surface area contributed by atoms with Gasteiger partial charge >= 0.3 is 5.97 Å². The summed E-state index contributed by atoms with van der Waals surface area (Å²) in [7, 11) is 0. The molecule has 0 spiro atoms. The molecule has 6 heteroatoms. The highest BCUT2D eigenvalue weighted by atomic mass is 16.5. The lowest BCUT2D eigenvalue weighted by Gasteiger charge is -2.30. The highest BCUT2D eigenvalue weighted by Crippen LogP contribution is 2.26. The first-order valence-electron chi connectivity index (χ1n) is 9.89. The number of carboxylic acids is 1. The molecular formula is C21H27N3O3. The minimum atomic E-state index is -0.654. The van der Waals surface area contributed by atoms with Crippen molar-refractivity contribution in [2.24, 2.45) is 5.92 Å². The molecule has 1 aromatic carbocycles. The second-order valence-corrected chi connectivity index (χ2v) is 7.62. The normalized spacial score (nSPS) is 22.0. The van der Waals surface area contributed by atoms with Crippen molar-refractivity contribution in [3.63, 3.8) is 0 Å². The summed E-state index contributed by atoms with van der Waals surface area (Å²) in [4.78, 5) is 13.4. The second-order valence-electron chi connectivity index (χ2n) is 7.62. The number of hydrogen-bond acceptors (Lipinski definition) is 4. The summed E-state index contributed by atoms with van der Waals surface area (Å²) in [5.41, 5.74) is 3.53. The molecule has 4 rings (SSSR count). The van der Waals surface area contributed by atoms with Gasteiger partial charge in [-0.15, -0.1) is 0 Å². The van der Waals surface area contributed by atoms with E-state index in [1.54, 1.807) is 0 Å². The van der Waals surface area contributed by atoms with E-state index in [0.29, 0.717) is 0 Å². The third-order valence-corrected chi connectivity index (χ3v) is 5.68. The molecule has 0 radical (unpaired) electrons. The van der Waals surface area contributed by atoms with Crippen LogP contribution in [0.15, 0.2) is 36.7 Å². The fraction of sp³-hybridized carbons (Fsp3) is 0.524. The van der Waals surface area contributed by atoms with E-state index in [1.165, 1.54) is 12.0 Å². The van der Waals surface area contributed by atoms with E-state index >= 15 is 0 Å². The van der Waals surface area contributed by atoms with Crippen molar-refractivity contribution < 1.29 is 14.6 Å². The molecule has 2 aliphatic heterocycles. The van der Waals surface area contributed by atoms with Gasteiger partial charge in [0.05, 0.1) is 12.1 Å². The van der Waals surface area contributed by atoms with Crippen LogP contribution >= 0.6 is 0 Å². The molecule has 3 heterocycles. The maximum Gasteiger partial charge on any atom is 0.306 e. The second kappa shape index (κ2) is 8.23. The number of aromatic nitrogens is 2. The third-order valence-electron chi connectivity index (χ3n) is 5.68. The average Bonchev–Trinajstić information content (AvgIpc) is 3.20. The van der Waals surface area contributed by atoms with Gasteiger partial charge in [0, 0.05) is 24.9 Å². The van der Waals surface area contributed by atoms with Crippen molar-refractivity contribution >= 4 is 5.97 Å². The highest BCUT2D eigenvalue weighted by Gasteiger charge is 2.24. The zero-order valence-electron chi connectivity index (χ0n) is 15.6. The van der Waals surface area contributed by atoms with Crippen LogP contribution in [0.5, 0.6) is 0 Å². The SMILES string of the molecule is O=C(O)C1CCN(Cc2ccc(-c3cnn(C4CCCCO4)c3)cc2)CC1. The molecule has 2 aromatic rings. The Morgan fingerprint density at radius 3 is 2.56 bits per heavy atom. The van der Waals surface area contributed by atoms with E-state index < -0.39 is 5.97 Å². The van der Waals surface area contributed by atoms with Crippen LogP contribution in [0.1, 0.15) is 43.9 Å². The van der Waals surface area contributed by atoms with Crippen molar-refractivity contribution in [2.45, 2.75) is 44.9 Å². The van der Waals surface area contributed by atoms with Crippen LogP contribution in [0.2, 0.25) is 0 Å². The highest BCUT2D eigenvalue weighted by molar-refractivity contribution is 5.70. The largest absolute Gasteiger partial charge is 0.481 e. The number of likely N-dealkylation sites (tertiary alicyclic amines) is 1. The quantitative estimate of drug-likeness (QED) is 0.873. The number of hydrogen-bond donors (Lipinski definition) is 1. The van der Waals surface area contributed by atoms with Crippen molar-refractivity contribution in [1.82, 2.24) is 14.7 Å². The lowest BCUT2D eigenvalue weighted by atomic mass is 9.96. The molecular weight excluding hydrogens is 342 g/mol. The van der Waals surface area contributed by atoms with Gasteiger partial charge in [-0.25, -0.2) is 4.68 Å². The first-order valence-corrected chi connectivity index (χ1v) is 9.89. The van der Waals surface area contributed by atoms with Crippen LogP contribution in [0.25, 0.3) is 11.1 Å². The fourth-order valence-electron chi connectivity index (χ4n) is 3.98. The first kappa shape index (κ1) is 18.2. The molecule has 144 valence electrons. The fourth-order valence-corrected chi connectivity index (χ4v) is 3.98. The molecule has 1 unspecified atom stereocenters. The Labute approximate surface area is 159 Å². The third kappa shape index (κ3) is 4.39. The summed E-state index contributed by atoms with van der Waals surface area (Å²) >= 11 is 0. The Hall–Kier alpha value is -2.18. The molecule has 1 aromatic heterocycles. The van der Waals surface area contributed by atoms with Gasteiger partial charge in [-0.3, -0.25) is 9.69 Å². The standard InChI is InChI=1S/C21H27N3O3/c25-21(26)18-8-10-23(11-9-18)14-16-4-6-17(7-5-16)19-13-22-24(15-19)20-3-1-2-12-27-20/h4-7,13,15,18,20H,1-3,8-12,14H2,(H,25,26). The minimum Gasteiger partial charge on any atom is -0.481 e. The summed E-state index contributed by atoms with van der Waals surface area (Å²) in [6, 6.07) is 8.60. The van der Waals surface area contributed by atoms with E-state index in [9.17, 15) is 4.79 Å². The number of rotatable bonds is 5. The van der Waals surface area contributed by atoms with Gasteiger partial charge in [-0.2, -0.15) is 5.10 Å². The van der Waals surface area contributed by atoms with Crippen molar-refractivity contribution in [3.05, 3.63) is 42.2 Å². The number of piperidine rings is 1. The van der Waals surface area contributed by atoms with Crippen LogP contribution in [0.4, 0.5) is 0 Å². The maximum absolute atomic E-state index is 11.1. The van der Waals surface area contributed by atoms with Crippen LogP contribution in [-0.4, -0.2) is 45.5 Å². The summed E-state index contributed by atoms with van der Waals surface area (Å²) in [6.45, 7) is 3.40. The lowest BCUT2D eigenvalue weighted by molar-refractivity contribution is -0.143. The summed E-state index contributed by atoms with van der Waals surface area (Å²) in [5.74, 6) is -0.827. The molecule has 0 amide bonds. The minimum absolute atomic E-state index is 0.0699. The van der Waals surface area contributed by atoms with Gasteiger partial charge in [-0.1, -0.05) is 24.3 Å². The number of nitrogens with zero attached hydrogens (tertiary/aromatic N) is 3. The topological polar surface area (TPSA) is 67.6 Å². The van der Waals surface area contributed by atoms with Gasteiger partial charge in [0.1, 0.15) is 6.23 Å².